The van der Waals surface area contributed by atoms with Gasteiger partial charge in [0.2, 0.25) is 0 Å². The van der Waals surface area contributed by atoms with Crippen LogP contribution in [0.25, 0.3) is 0 Å². The van der Waals surface area contributed by atoms with Gasteiger partial charge in [-0.2, -0.15) is 0 Å². The van der Waals surface area contributed by atoms with E-state index in [0.29, 0.717) is 0 Å². The molecule has 2 nitrogen and oxygen atoms in total. The number of aromatic nitrogens is 1. The molecule has 1 heterocycles. The molecule has 0 saturated heterocycles. The number of aryl methyl sites for hydroxylation is 1. The van der Waals surface area contributed by atoms with Crippen LogP contribution in [0, 0.1) is 0 Å². The Labute approximate surface area is 154 Å². The molecule has 0 spiro atoms. The van der Waals surface area contributed by atoms with Crippen LogP contribution in [0.1, 0.15) is 95.6 Å². The maximum atomic E-state index is 5.68. The summed E-state index contributed by atoms with van der Waals surface area (Å²) < 4.78 is 0. The average molecular weight is 356 g/mol. The SMILES string of the molecule is ClCCCCCCCCCCCCCCCCc1ccccn1.O. The van der Waals surface area contributed by atoms with Crippen molar-refractivity contribution in [3.63, 3.8) is 0 Å². The molecule has 0 fully saturated rings. The third kappa shape index (κ3) is 15.0. The number of halogens is 1. The van der Waals surface area contributed by atoms with Crippen molar-refractivity contribution in [1.82, 2.24) is 4.98 Å². The minimum Gasteiger partial charge on any atom is -0.412 e. The Morgan fingerprint density at radius 3 is 1.50 bits per heavy atom. The smallest absolute Gasteiger partial charge is 0.0403 e. The van der Waals surface area contributed by atoms with Gasteiger partial charge in [0.15, 0.2) is 0 Å². The highest BCUT2D eigenvalue weighted by atomic mass is 35.5. The van der Waals surface area contributed by atoms with Gasteiger partial charge in [-0.3, -0.25) is 4.98 Å². The summed E-state index contributed by atoms with van der Waals surface area (Å²) in [7, 11) is 0. The molecule has 0 radical (unpaired) electrons. The third-order valence-electron chi connectivity index (χ3n) is 4.54. The zero-order valence-electron chi connectivity index (χ0n) is 15.4. The first-order valence-corrected chi connectivity index (χ1v) is 10.4. The van der Waals surface area contributed by atoms with Crippen molar-refractivity contribution in [2.45, 2.75) is 96.3 Å². The molecule has 0 unspecified atom stereocenters. The summed E-state index contributed by atoms with van der Waals surface area (Å²) in [6.07, 6.45) is 22.4. The Morgan fingerprint density at radius 2 is 1.08 bits per heavy atom. The predicted octanol–water partition coefficient (Wildman–Crippen LogP) is 6.50. The van der Waals surface area contributed by atoms with E-state index in [9.17, 15) is 0 Å². The van der Waals surface area contributed by atoms with E-state index in [1.165, 1.54) is 95.6 Å². The number of alkyl halides is 1. The monoisotopic (exact) mass is 355 g/mol. The topological polar surface area (TPSA) is 44.4 Å². The lowest BCUT2D eigenvalue weighted by Gasteiger charge is -2.03. The molecule has 140 valence electrons. The predicted molar refractivity (Wildman–Crippen MR) is 107 cm³/mol. The number of hydrogen-bond acceptors (Lipinski definition) is 1. The number of nitrogens with zero attached hydrogens (tertiary/aromatic N) is 1. The quantitative estimate of drug-likeness (QED) is 0.246. The summed E-state index contributed by atoms with van der Waals surface area (Å²) >= 11 is 5.68. The second kappa shape index (κ2) is 18.7. The third-order valence-corrected chi connectivity index (χ3v) is 4.81. The standard InChI is InChI=1S/C21H36ClN.H2O/c22-19-15-12-10-8-6-4-2-1-3-5-7-9-11-13-17-21-18-14-16-20-23-21;/h14,16,18,20H,1-13,15,17,19H2;1H2. The summed E-state index contributed by atoms with van der Waals surface area (Å²) in [5.41, 5.74) is 1.25. The molecule has 0 aromatic carbocycles. The van der Waals surface area contributed by atoms with Gasteiger partial charge in [0, 0.05) is 17.8 Å². The van der Waals surface area contributed by atoms with Crippen LogP contribution >= 0.6 is 11.6 Å². The number of hydrogen-bond donors (Lipinski definition) is 0. The maximum absolute atomic E-state index is 5.68. The second-order valence-corrected chi connectivity index (χ2v) is 7.09. The fourth-order valence-electron chi connectivity index (χ4n) is 3.07. The summed E-state index contributed by atoms with van der Waals surface area (Å²) in [4.78, 5) is 4.38. The summed E-state index contributed by atoms with van der Waals surface area (Å²) in [6, 6.07) is 6.21. The van der Waals surface area contributed by atoms with E-state index in [4.69, 9.17) is 11.6 Å². The molecule has 24 heavy (non-hydrogen) atoms. The van der Waals surface area contributed by atoms with Gasteiger partial charge in [-0.25, -0.2) is 0 Å². The van der Waals surface area contributed by atoms with Crippen LogP contribution in [-0.4, -0.2) is 16.3 Å². The van der Waals surface area contributed by atoms with Crippen molar-refractivity contribution in [3.05, 3.63) is 30.1 Å². The first-order chi connectivity index (χ1) is 11.4. The maximum Gasteiger partial charge on any atom is 0.0403 e. The van der Waals surface area contributed by atoms with Gasteiger partial charge in [-0.15, -0.1) is 11.6 Å². The minimum atomic E-state index is 0. The molecule has 0 saturated carbocycles. The molecule has 0 bridgehead atoms. The van der Waals surface area contributed by atoms with Gasteiger partial charge in [0.1, 0.15) is 0 Å². The number of rotatable bonds is 16. The molecule has 0 aliphatic carbocycles. The van der Waals surface area contributed by atoms with E-state index in [0.717, 1.165) is 12.3 Å². The van der Waals surface area contributed by atoms with Crippen molar-refractivity contribution in [2.24, 2.45) is 0 Å². The highest BCUT2D eigenvalue weighted by Gasteiger charge is 1.96. The summed E-state index contributed by atoms with van der Waals surface area (Å²) in [5.74, 6) is 0.836. The van der Waals surface area contributed by atoms with E-state index < -0.39 is 0 Å². The lowest BCUT2D eigenvalue weighted by atomic mass is 10.0. The van der Waals surface area contributed by atoms with Crippen LogP contribution in [0.15, 0.2) is 24.4 Å². The fourth-order valence-corrected chi connectivity index (χ4v) is 3.26. The van der Waals surface area contributed by atoms with Crippen LogP contribution in [0.2, 0.25) is 0 Å². The van der Waals surface area contributed by atoms with Crippen LogP contribution < -0.4 is 0 Å². The Kier molecular flexibility index (Phi) is 18.3. The van der Waals surface area contributed by atoms with Gasteiger partial charge in [-0.1, -0.05) is 83.1 Å². The second-order valence-electron chi connectivity index (χ2n) is 6.71. The van der Waals surface area contributed by atoms with Crippen LogP contribution in [-0.2, 0) is 6.42 Å². The van der Waals surface area contributed by atoms with E-state index >= 15 is 0 Å². The molecule has 0 amide bonds. The zero-order chi connectivity index (χ0) is 16.4. The molecule has 3 heteroatoms. The van der Waals surface area contributed by atoms with Gasteiger partial charge in [0.25, 0.3) is 0 Å². The average Bonchev–Trinajstić information content (AvgIpc) is 2.59. The minimum absolute atomic E-state index is 0. The van der Waals surface area contributed by atoms with E-state index in [2.05, 4.69) is 17.1 Å². The van der Waals surface area contributed by atoms with Gasteiger partial charge in [-0.05, 0) is 31.4 Å². The van der Waals surface area contributed by atoms with E-state index in [1.807, 2.05) is 12.3 Å². The molecule has 0 aliphatic heterocycles. The fraction of sp³-hybridized carbons (Fsp3) is 0.762. The zero-order valence-corrected chi connectivity index (χ0v) is 16.2. The first kappa shape index (κ1) is 23.4. The van der Waals surface area contributed by atoms with Crippen LogP contribution in [0.5, 0.6) is 0 Å². The Bertz CT molecular complexity index is 345. The molecule has 0 atom stereocenters. The highest BCUT2D eigenvalue weighted by molar-refractivity contribution is 6.17. The van der Waals surface area contributed by atoms with Crippen molar-refractivity contribution >= 4 is 11.6 Å². The summed E-state index contributed by atoms with van der Waals surface area (Å²) in [5, 5.41) is 0. The lowest BCUT2D eigenvalue weighted by molar-refractivity contribution is 0.535. The Morgan fingerprint density at radius 1 is 0.625 bits per heavy atom. The largest absolute Gasteiger partial charge is 0.412 e. The van der Waals surface area contributed by atoms with E-state index in [-0.39, 0.29) is 5.48 Å². The molecule has 1 aromatic rings. The Balaban J connectivity index is 0.00000529. The molecular weight excluding hydrogens is 318 g/mol. The first-order valence-electron chi connectivity index (χ1n) is 9.89. The summed E-state index contributed by atoms with van der Waals surface area (Å²) in [6.45, 7) is 0. The normalized spacial score (nSPS) is 10.5. The van der Waals surface area contributed by atoms with Gasteiger partial charge < -0.3 is 5.48 Å². The molecular formula is C21H38ClNO. The number of unbranched alkanes of at least 4 members (excludes halogenated alkanes) is 13. The lowest BCUT2D eigenvalue weighted by Crippen LogP contribution is -1.89. The van der Waals surface area contributed by atoms with Crippen molar-refractivity contribution in [1.29, 1.82) is 0 Å². The Hall–Kier alpha value is -0.600. The molecule has 0 aliphatic rings. The molecule has 2 N–H and O–H groups in total. The van der Waals surface area contributed by atoms with Crippen molar-refractivity contribution in [2.75, 3.05) is 5.88 Å². The van der Waals surface area contributed by atoms with Crippen LogP contribution in [0.4, 0.5) is 0 Å². The number of pyridine rings is 1. The van der Waals surface area contributed by atoms with Gasteiger partial charge >= 0.3 is 0 Å². The van der Waals surface area contributed by atoms with Crippen molar-refractivity contribution in [3.8, 4) is 0 Å². The van der Waals surface area contributed by atoms with Gasteiger partial charge in [0.05, 0.1) is 0 Å². The molecule has 1 rings (SSSR count). The molecule has 1 aromatic heterocycles. The van der Waals surface area contributed by atoms with Crippen LogP contribution in [0.3, 0.4) is 0 Å². The van der Waals surface area contributed by atoms with Crippen molar-refractivity contribution < 1.29 is 5.48 Å². The highest BCUT2D eigenvalue weighted by Crippen LogP contribution is 2.13. The van der Waals surface area contributed by atoms with E-state index in [1.54, 1.807) is 0 Å².